The van der Waals surface area contributed by atoms with E-state index in [0.717, 1.165) is 51.1 Å². The van der Waals surface area contributed by atoms with Gasteiger partial charge in [0.15, 0.2) is 0 Å². The highest BCUT2D eigenvalue weighted by Gasteiger charge is 2.40. The first kappa shape index (κ1) is 18.0. The number of aromatic nitrogens is 1. The van der Waals surface area contributed by atoms with Gasteiger partial charge in [0.2, 0.25) is 0 Å². The second kappa shape index (κ2) is 6.85. The van der Waals surface area contributed by atoms with Gasteiger partial charge in [-0.15, -0.1) is 0 Å². The van der Waals surface area contributed by atoms with Crippen LogP contribution in [0.25, 0.3) is 0 Å². The average Bonchev–Trinajstić information content (AvgIpc) is 2.54. The Bertz CT molecular complexity index is 616. The number of nitrogens with zero attached hydrogens (tertiary/aromatic N) is 3. The smallest absolute Gasteiger partial charge is 0.410 e. The number of carbonyl (C=O) groups excluding carboxylic acids is 1. The van der Waals surface area contributed by atoms with Crippen molar-refractivity contribution in [3.8, 4) is 0 Å². The van der Waals surface area contributed by atoms with Crippen molar-refractivity contribution < 1.29 is 9.53 Å². The fourth-order valence-electron chi connectivity index (χ4n) is 4.06. The molecule has 2 aliphatic heterocycles. The number of pyridine rings is 1. The molecule has 1 spiro atoms. The third-order valence-corrected chi connectivity index (χ3v) is 5.38. The number of likely N-dealkylation sites (tertiary alicyclic amines) is 1. The lowest BCUT2D eigenvalue weighted by atomic mass is 9.72. The van der Waals surface area contributed by atoms with Gasteiger partial charge in [-0.1, -0.05) is 0 Å². The zero-order chi connectivity index (χ0) is 18.1. The molecule has 1 aromatic rings. The predicted molar refractivity (Wildman–Crippen MR) is 99.9 cm³/mol. The van der Waals surface area contributed by atoms with E-state index in [2.05, 4.69) is 22.0 Å². The molecule has 0 aliphatic carbocycles. The Hall–Kier alpha value is -1.78. The number of anilines is 1. The van der Waals surface area contributed by atoms with Crippen molar-refractivity contribution in [1.82, 2.24) is 9.88 Å². The van der Waals surface area contributed by atoms with Gasteiger partial charge in [-0.2, -0.15) is 0 Å². The normalized spacial score (nSPS) is 20.6. The van der Waals surface area contributed by atoms with Crippen LogP contribution in [0.4, 0.5) is 10.5 Å². The molecule has 138 valence electrons. The van der Waals surface area contributed by atoms with Crippen molar-refractivity contribution >= 4 is 11.8 Å². The van der Waals surface area contributed by atoms with Crippen molar-refractivity contribution in [3.05, 3.63) is 24.0 Å². The minimum Gasteiger partial charge on any atom is -0.444 e. The van der Waals surface area contributed by atoms with Crippen LogP contribution in [-0.2, 0) is 4.74 Å². The van der Waals surface area contributed by atoms with Crippen LogP contribution in [0.15, 0.2) is 18.3 Å². The molecular formula is C20H31N3O2. The number of hydrogen-bond donors (Lipinski definition) is 0. The largest absolute Gasteiger partial charge is 0.444 e. The lowest BCUT2D eigenvalue weighted by molar-refractivity contribution is -0.000523. The number of ether oxygens (including phenoxy) is 1. The summed E-state index contributed by atoms with van der Waals surface area (Å²) in [6.07, 6.45) is 6.29. The van der Waals surface area contributed by atoms with Crippen LogP contribution >= 0.6 is 0 Å². The highest BCUT2D eigenvalue weighted by molar-refractivity contribution is 5.68. The van der Waals surface area contributed by atoms with E-state index in [-0.39, 0.29) is 11.5 Å². The second-order valence-electron chi connectivity index (χ2n) is 8.65. The van der Waals surface area contributed by atoms with Crippen molar-refractivity contribution in [2.24, 2.45) is 5.41 Å². The maximum Gasteiger partial charge on any atom is 0.410 e. The van der Waals surface area contributed by atoms with Gasteiger partial charge in [-0.25, -0.2) is 4.79 Å². The predicted octanol–water partition coefficient (Wildman–Crippen LogP) is 4.01. The van der Waals surface area contributed by atoms with E-state index in [4.69, 9.17) is 4.74 Å². The number of aryl methyl sites for hydroxylation is 1. The summed E-state index contributed by atoms with van der Waals surface area (Å²) in [5.74, 6) is 0. The number of hydrogen-bond acceptors (Lipinski definition) is 4. The summed E-state index contributed by atoms with van der Waals surface area (Å²) in [6, 6.07) is 4.25. The third kappa shape index (κ3) is 4.44. The quantitative estimate of drug-likeness (QED) is 0.771. The van der Waals surface area contributed by atoms with E-state index in [0.29, 0.717) is 0 Å². The van der Waals surface area contributed by atoms with E-state index in [1.807, 2.05) is 38.8 Å². The summed E-state index contributed by atoms with van der Waals surface area (Å²) in [7, 11) is 0. The summed E-state index contributed by atoms with van der Waals surface area (Å²) in [6.45, 7) is 11.6. The van der Waals surface area contributed by atoms with Crippen molar-refractivity contribution in [2.45, 2.75) is 59.0 Å². The Morgan fingerprint density at radius 1 is 1.20 bits per heavy atom. The molecule has 5 nitrogen and oxygen atoms in total. The highest BCUT2D eigenvalue weighted by Crippen LogP contribution is 2.41. The standard InChI is InChI=1S/C20H31N3O2/c1-16-14-17(6-10-21-16)22-12-8-20(9-13-22)7-5-11-23(15-20)18(24)25-19(2,3)4/h6,10,14H,5,7-9,11-13,15H2,1-4H3. The molecule has 3 heterocycles. The van der Waals surface area contributed by atoms with Crippen LogP contribution in [0.2, 0.25) is 0 Å². The number of piperidine rings is 2. The second-order valence-corrected chi connectivity index (χ2v) is 8.65. The van der Waals surface area contributed by atoms with Crippen molar-refractivity contribution in [3.63, 3.8) is 0 Å². The Kier molecular flexibility index (Phi) is 4.94. The first-order valence-electron chi connectivity index (χ1n) is 9.42. The molecule has 0 saturated carbocycles. The van der Waals surface area contributed by atoms with Gasteiger partial charge < -0.3 is 14.5 Å². The van der Waals surface area contributed by atoms with Crippen LogP contribution < -0.4 is 4.90 Å². The molecule has 0 aromatic carbocycles. The van der Waals surface area contributed by atoms with Gasteiger partial charge in [0.25, 0.3) is 0 Å². The minimum atomic E-state index is -0.426. The molecule has 0 N–H and O–H groups in total. The fraction of sp³-hybridized carbons (Fsp3) is 0.700. The van der Waals surface area contributed by atoms with Gasteiger partial charge in [0, 0.05) is 43.8 Å². The molecule has 0 unspecified atom stereocenters. The Morgan fingerprint density at radius 2 is 1.92 bits per heavy atom. The summed E-state index contributed by atoms with van der Waals surface area (Å²) in [5.41, 5.74) is 2.16. The zero-order valence-electron chi connectivity index (χ0n) is 16.0. The minimum absolute atomic E-state index is 0.154. The van der Waals surface area contributed by atoms with Crippen molar-refractivity contribution in [2.75, 3.05) is 31.1 Å². The molecule has 25 heavy (non-hydrogen) atoms. The van der Waals surface area contributed by atoms with E-state index in [1.54, 1.807) is 0 Å². The number of carbonyl (C=O) groups is 1. The molecule has 0 atom stereocenters. The van der Waals surface area contributed by atoms with E-state index in [1.165, 1.54) is 12.1 Å². The highest BCUT2D eigenvalue weighted by atomic mass is 16.6. The molecule has 1 amide bonds. The first-order valence-corrected chi connectivity index (χ1v) is 9.42. The average molecular weight is 345 g/mol. The Morgan fingerprint density at radius 3 is 2.56 bits per heavy atom. The van der Waals surface area contributed by atoms with Gasteiger partial charge >= 0.3 is 6.09 Å². The van der Waals surface area contributed by atoms with Crippen LogP contribution in [0.1, 0.15) is 52.1 Å². The number of amides is 1. The Balaban J connectivity index is 1.61. The lowest BCUT2D eigenvalue weighted by Gasteiger charge is -2.48. The zero-order valence-corrected chi connectivity index (χ0v) is 16.0. The molecule has 1 aromatic heterocycles. The summed E-state index contributed by atoms with van der Waals surface area (Å²) < 4.78 is 5.58. The summed E-state index contributed by atoms with van der Waals surface area (Å²) in [4.78, 5) is 21.1. The maximum absolute atomic E-state index is 12.4. The fourth-order valence-corrected chi connectivity index (χ4v) is 4.06. The molecule has 2 fully saturated rings. The molecule has 2 saturated heterocycles. The molecule has 0 bridgehead atoms. The molecule has 2 aliphatic rings. The van der Waals surface area contributed by atoms with Crippen LogP contribution in [0, 0.1) is 12.3 Å². The molecule has 5 heteroatoms. The lowest BCUT2D eigenvalue weighted by Crippen LogP contribution is -2.52. The van der Waals surface area contributed by atoms with Crippen LogP contribution in [0.5, 0.6) is 0 Å². The monoisotopic (exact) mass is 345 g/mol. The van der Waals surface area contributed by atoms with E-state index < -0.39 is 5.60 Å². The van der Waals surface area contributed by atoms with Crippen LogP contribution in [-0.4, -0.2) is 47.8 Å². The SMILES string of the molecule is Cc1cc(N2CCC3(CCCN(C(=O)OC(C)(C)C)C3)CC2)ccn1. The van der Waals surface area contributed by atoms with Crippen LogP contribution in [0.3, 0.4) is 0 Å². The van der Waals surface area contributed by atoms with Crippen molar-refractivity contribution in [1.29, 1.82) is 0 Å². The molecule has 0 radical (unpaired) electrons. The van der Waals surface area contributed by atoms with Gasteiger partial charge in [-0.05, 0) is 70.9 Å². The molecule has 3 rings (SSSR count). The first-order chi connectivity index (χ1) is 11.8. The Labute approximate surface area is 151 Å². The summed E-state index contributed by atoms with van der Waals surface area (Å²) in [5, 5.41) is 0. The molecular weight excluding hydrogens is 314 g/mol. The van der Waals surface area contributed by atoms with E-state index in [9.17, 15) is 4.79 Å². The number of rotatable bonds is 1. The van der Waals surface area contributed by atoms with E-state index >= 15 is 0 Å². The van der Waals surface area contributed by atoms with Gasteiger partial charge in [0.05, 0.1) is 0 Å². The topological polar surface area (TPSA) is 45.7 Å². The summed E-state index contributed by atoms with van der Waals surface area (Å²) >= 11 is 0. The third-order valence-electron chi connectivity index (χ3n) is 5.38. The van der Waals surface area contributed by atoms with Gasteiger partial charge in [-0.3, -0.25) is 4.98 Å². The van der Waals surface area contributed by atoms with Gasteiger partial charge in [0.1, 0.15) is 5.60 Å². The maximum atomic E-state index is 12.4.